The molecule has 0 spiro atoms. The molecule has 0 rings (SSSR count). The molecule has 22 heavy (non-hydrogen) atoms. The van der Waals surface area contributed by atoms with Crippen LogP contribution in [0.1, 0.15) is 54.4 Å². The molecule has 0 N–H and O–H groups in total. The third-order valence-corrected chi connectivity index (χ3v) is 3.12. The lowest BCUT2D eigenvalue weighted by molar-refractivity contribution is -0.141. The molecule has 128 valence electrons. The highest BCUT2D eigenvalue weighted by Crippen LogP contribution is 2.12. The first-order chi connectivity index (χ1) is 10.2. The summed E-state index contributed by atoms with van der Waals surface area (Å²) in [5.74, 6) is 0.798. The normalized spacial score (nSPS) is 14.4. The maximum atomic E-state index is 11.5. The Morgan fingerprint density at radius 3 is 1.32 bits per heavy atom. The van der Waals surface area contributed by atoms with Gasteiger partial charge in [0.15, 0.2) is 0 Å². The van der Waals surface area contributed by atoms with Gasteiger partial charge in [-0.25, -0.2) is 9.59 Å². The van der Waals surface area contributed by atoms with Crippen molar-refractivity contribution in [3.05, 3.63) is 12.2 Å². The van der Waals surface area contributed by atoms with Crippen molar-refractivity contribution in [2.45, 2.75) is 54.4 Å². The molecular formula is C18H32O4. The van der Waals surface area contributed by atoms with Crippen LogP contribution in [0.25, 0.3) is 0 Å². The van der Waals surface area contributed by atoms with Gasteiger partial charge in [-0.3, -0.25) is 0 Å². The highest BCUT2D eigenvalue weighted by molar-refractivity contribution is 5.91. The third-order valence-electron chi connectivity index (χ3n) is 3.12. The average Bonchev–Trinajstić information content (AvgIpc) is 2.39. The number of ether oxygens (including phenoxy) is 2. The highest BCUT2D eigenvalue weighted by Gasteiger charge is 2.09. The minimum absolute atomic E-state index is 0.321. The molecule has 4 heteroatoms. The van der Waals surface area contributed by atoms with Crippen LogP contribution >= 0.6 is 0 Å². The van der Waals surface area contributed by atoms with Gasteiger partial charge in [0.05, 0.1) is 13.2 Å². The molecule has 0 fully saturated rings. The summed E-state index contributed by atoms with van der Waals surface area (Å²) in [7, 11) is 0. The SMILES string of the molecule is CC(C)CC(C)COC(=O)/C=C/C(=O)OCC(C)CC(C)C. The summed E-state index contributed by atoms with van der Waals surface area (Å²) in [5.41, 5.74) is 0. The fourth-order valence-electron chi connectivity index (χ4n) is 2.43. The number of hydrogen-bond acceptors (Lipinski definition) is 4. The van der Waals surface area contributed by atoms with Gasteiger partial charge in [-0.15, -0.1) is 0 Å². The summed E-state index contributed by atoms with van der Waals surface area (Å²) in [4.78, 5) is 23.0. The molecule has 0 amide bonds. The fourth-order valence-corrected chi connectivity index (χ4v) is 2.43. The van der Waals surface area contributed by atoms with Gasteiger partial charge in [-0.1, -0.05) is 41.5 Å². The zero-order chi connectivity index (χ0) is 17.1. The summed E-state index contributed by atoms with van der Waals surface area (Å²) >= 11 is 0. The number of hydrogen-bond donors (Lipinski definition) is 0. The van der Waals surface area contributed by atoms with E-state index >= 15 is 0 Å². The van der Waals surface area contributed by atoms with Gasteiger partial charge in [-0.2, -0.15) is 0 Å². The lowest BCUT2D eigenvalue weighted by atomic mass is 10.00. The van der Waals surface area contributed by atoms with Crippen molar-refractivity contribution in [2.75, 3.05) is 13.2 Å². The number of carbonyl (C=O) groups is 2. The molecule has 0 radical (unpaired) electrons. The van der Waals surface area contributed by atoms with Gasteiger partial charge < -0.3 is 9.47 Å². The first-order valence-electron chi connectivity index (χ1n) is 8.22. The molecule has 0 saturated heterocycles. The van der Waals surface area contributed by atoms with Crippen molar-refractivity contribution >= 4 is 11.9 Å². The van der Waals surface area contributed by atoms with Crippen LogP contribution in [-0.2, 0) is 19.1 Å². The Hall–Kier alpha value is -1.32. The van der Waals surface area contributed by atoms with Crippen LogP contribution in [0.15, 0.2) is 12.2 Å². The molecule has 0 saturated carbocycles. The van der Waals surface area contributed by atoms with E-state index in [1.807, 2.05) is 13.8 Å². The Labute approximate surface area is 135 Å². The van der Waals surface area contributed by atoms with E-state index in [9.17, 15) is 9.59 Å². The van der Waals surface area contributed by atoms with E-state index < -0.39 is 11.9 Å². The van der Waals surface area contributed by atoms with Crippen LogP contribution in [0.2, 0.25) is 0 Å². The van der Waals surface area contributed by atoms with Gasteiger partial charge in [0.2, 0.25) is 0 Å². The van der Waals surface area contributed by atoms with E-state index in [0.29, 0.717) is 36.9 Å². The first-order valence-corrected chi connectivity index (χ1v) is 8.22. The smallest absolute Gasteiger partial charge is 0.331 e. The second-order valence-corrected chi connectivity index (χ2v) is 7.06. The maximum absolute atomic E-state index is 11.5. The van der Waals surface area contributed by atoms with Crippen LogP contribution in [0.5, 0.6) is 0 Å². The zero-order valence-electron chi connectivity index (χ0n) is 14.9. The summed E-state index contributed by atoms with van der Waals surface area (Å²) in [5, 5.41) is 0. The third kappa shape index (κ3) is 12.4. The summed E-state index contributed by atoms with van der Waals surface area (Å²) < 4.78 is 10.2. The van der Waals surface area contributed by atoms with E-state index in [2.05, 4.69) is 27.7 Å². The minimum Gasteiger partial charge on any atom is -0.462 e. The van der Waals surface area contributed by atoms with Gasteiger partial charge in [0.1, 0.15) is 0 Å². The van der Waals surface area contributed by atoms with Crippen molar-refractivity contribution in [1.82, 2.24) is 0 Å². The van der Waals surface area contributed by atoms with E-state index in [1.165, 1.54) is 0 Å². The lowest BCUT2D eigenvalue weighted by Crippen LogP contribution is -2.14. The fraction of sp³-hybridized carbons (Fsp3) is 0.778. The first kappa shape index (κ1) is 20.7. The van der Waals surface area contributed by atoms with Crippen molar-refractivity contribution in [2.24, 2.45) is 23.7 Å². The van der Waals surface area contributed by atoms with Gasteiger partial charge in [-0.05, 0) is 36.5 Å². The second-order valence-electron chi connectivity index (χ2n) is 7.06. The van der Waals surface area contributed by atoms with E-state index in [4.69, 9.17) is 9.47 Å². The molecule has 0 aromatic heterocycles. The van der Waals surface area contributed by atoms with Crippen molar-refractivity contribution in [1.29, 1.82) is 0 Å². The summed E-state index contributed by atoms with van der Waals surface area (Å²) in [6.45, 7) is 13.4. The largest absolute Gasteiger partial charge is 0.462 e. The summed E-state index contributed by atoms with van der Waals surface area (Å²) in [6, 6.07) is 0. The predicted molar refractivity (Wildman–Crippen MR) is 88.3 cm³/mol. The standard InChI is InChI=1S/C18H32O4/c1-13(2)9-15(5)11-21-17(19)7-8-18(20)22-12-16(6)10-14(3)4/h7-8,13-16H,9-12H2,1-6H3/b8-7+. The Kier molecular flexibility index (Phi) is 10.6. The molecule has 0 aliphatic rings. The number of rotatable bonds is 10. The van der Waals surface area contributed by atoms with Gasteiger partial charge in [0.25, 0.3) is 0 Å². The average molecular weight is 312 g/mol. The molecule has 0 aliphatic heterocycles. The molecule has 0 heterocycles. The van der Waals surface area contributed by atoms with Crippen LogP contribution in [0.4, 0.5) is 0 Å². The van der Waals surface area contributed by atoms with Crippen LogP contribution in [0.3, 0.4) is 0 Å². The van der Waals surface area contributed by atoms with E-state index in [-0.39, 0.29) is 0 Å². The lowest BCUT2D eigenvalue weighted by Gasteiger charge is -2.13. The topological polar surface area (TPSA) is 52.6 Å². The Balaban J connectivity index is 3.94. The Bertz CT molecular complexity index is 324. The molecule has 4 nitrogen and oxygen atoms in total. The van der Waals surface area contributed by atoms with Crippen LogP contribution < -0.4 is 0 Å². The zero-order valence-corrected chi connectivity index (χ0v) is 14.9. The molecule has 2 unspecified atom stereocenters. The Morgan fingerprint density at radius 1 is 0.727 bits per heavy atom. The number of esters is 2. The maximum Gasteiger partial charge on any atom is 0.331 e. The molecule has 0 bridgehead atoms. The van der Waals surface area contributed by atoms with Crippen LogP contribution in [-0.4, -0.2) is 25.2 Å². The molecule has 0 aromatic rings. The predicted octanol–water partition coefficient (Wildman–Crippen LogP) is 3.99. The summed E-state index contributed by atoms with van der Waals surface area (Å²) in [6.07, 6.45) is 4.29. The van der Waals surface area contributed by atoms with E-state index in [0.717, 1.165) is 25.0 Å². The second kappa shape index (κ2) is 11.3. The molecule has 0 aliphatic carbocycles. The molecule has 0 aromatic carbocycles. The quantitative estimate of drug-likeness (QED) is 0.452. The highest BCUT2D eigenvalue weighted by atomic mass is 16.5. The monoisotopic (exact) mass is 312 g/mol. The van der Waals surface area contributed by atoms with E-state index in [1.54, 1.807) is 0 Å². The molecular weight excluding hydrogens is 280 g/mol. The Morgan fingerprint density at radius 2 is 1.05 bits per heavy atom. The van der Waals surface area contributed by atoms with Crippen LogP contribution in [0, 0.1) is 23.7 Å². The van der Waals surface area contributed by atoms with Gasteiger partial charge in [0, 0.05) is 12.2 Å². The van der Waals surface area contributed by atoms with Gasteiger partial charge >= 0.3 is 11.9 Å². The van der Waals surface area contributed by atoms with Crippen molar-refractivity contribution in [3.63, 3.8) is 0 Å². The minimum atomic E-state index is -0.497. The van der Waals surface area contributed by atoms with Crippen molar-refractivity contribution in [3.8, 4) is 0 Å². The number of carbonyl (C=O) groups excluding carboxylic acids is 2. The van der Waals surface area contributed by atoms with Crippen molar-refractivity contribution < 1.29 is 19.1 Å². The molecule has 2 atom stereocenters.